The number of hydrogen-bond donors (Lipinski definition) is 5. The molecular formula is C21H18O7. The van der Waals surface area contributed by atoms with E-state index in [1.54, 1.807) is 0 Å². The molecule has 7 heteroatoms. The fraction of sp³-hybridized carbons (Fsp3) is 0.143. The first-order chi connectivity index (χ1) is 13.2. The molecule has 0 heterocycles. The van der Waals surface area contributed by atoms with Crippen molar-refractivity contribution in [3.63, 3.8) is 0 Å². The number of aromatic hydroxyl groups is 4. The van der Waals surface area contributed by atoms with E-state index in [0.29, 0.717) is 11.1 Å². The number of Topliss-reactive ketones (excluding diaryl/α,β-unsaturated/α-hetero) is 1. The zero-order valence-electron chi connectivity index (χ0n) is 14.7. The number of phenols is 4. The number of aliphatic carboxylic acids is 1. The number of carbonyl (C=O) groups excluding carboxylic acids is 1. The maximum absolute atomic E-state index is 12.9. The van der Waals surface area contributed by atoms with Gasteiger partial charge in [-0.25, -0.2) is 0 Å². The van der Waals surface area contributed by atoms with Crippen molar-refractivity contribution in [1.82, 2.24) is 0 Å². The van der Waals surface area contributed by atoms with E-state index in [0.717, 1.165) is 0 Å². The molecule has 7 nitrogen and oxygen atoms in total. The molecule has 0 radical (unpaired) electrons. The molecule has 0 aromatic heterocycles. The molecule has 1 saturated carbocycles. The third-order valence-corrected chi connectivity index (χ3v) is 4.55. The number of carbonyl (C=O) groups is 2. The van der Waals surface area contributed by atoms with Crippen LogP contribution in [0.15, 0.2) is 47.5 Å². The lowest BCUT2D eigenvalue weighted by Crippen LogP contribution is -2.25. The van der Waals surface area contributed by atoms with Crippen LogP contribution in [0.4, 0.5) is 0 Å². The van der Waals surface area contributed by atoms with E-state index >= 15 is 0 Å². The van der Waals surface area contributed by atoms with Crippen LogP contribution in [0.3, 0.4) is 0 Å². The van der Waals surface area contributed by atoms with E-state index < -0.39 is 11.9 Å². The minimum absolute atomic E-state index is 0.0357. The Morgan fingerprint density at radius 1 is 0.786 bits per heavy atom. The Balaban J connectivity index is 2.01. The molecular weight excluding hydrogens is 364 g/mol. The average molecular weight is 382 g/mol. The maximum Gasteiger partial charge on any atom is 0.307 e. The molecule has 3 rings (SSSR count). The summed E-state index contributed by atoms with van der Waals surface area (Å²) in [6, 6.07) is 8.12. The number of hydrogen-bond acceptors (Lipinski definition) is 6. The summed E-state index contributed by atoms with van der Waals surface area (Å²) in [5.41, 5.74) is 1.42. The van der Waals surface area contributed by atoms with Crippen molar-refractivity contribution >= 4 is 23.9 Å². The molecule has 0 saturated heterocycles. The van der Waals surface area contributed by atoms with Gasteiger partial charge in [0.1, 0.15) is 0 Å². The van der Waals surface area contributed by atoms with Gasteiger partial charge in [-0.05, 0) is 60.4 Å². The fourth-order valence-electron chi connectivity index (χ4n) is 3.08. The Morgan fingerprint density at radius 2 is 1.21 bits per heavy atom. The molecule has 0 aliphatic heterocycles. The van der Waals surface area contributed by atoms with E-state index in [9.17, 15) is 35.1 Å². The third-order valence-electron chi connectivity index (χ3n) is 4.55. The lowest BCUT2D eigenvalue weighted by Gasteiger charge is -2.23. The number of rotatable bonds is 3. The van der Waals surface area contributed by atoms with Crippen LogP contribution >= 0.6 is 0 Å². The number of carboxylic acid groups (broad SMARTS) is 1. The highest BCUT2D eigenvalue weighted by atomic mass is 16.4. The summed E-state index contributed by atoms with van der Waals surface area (Å²) in [6.45, 7) is 0. The van der Waals surface area contributed by atoms with Crippen molar-refractivity contribution in [2.24, 2.45) is 5.92 Å². The van der Waals surface area contributed by atoms with Crippen molar-refractivity contribution < 1.29 is 35.1 Å². The fourth-order valence-corrected chi connectivity index (χ4v) is 3.08. The SMILES string of the molecule is O=C1/C(=C/c2ccc(O)c(O)c2)CC(C(=O)O)C/C1=C\c1ccc(O)c(O)c1. The van der Waals surface area contributed by atoms with Gasteiger partial charge in [-0.2, -0.15) is 0 Å². The minimum Gasteiger partial charge on any atom is -0.504 e. The van der Waals surface area contributed by atoms with Gasteiger partial charge >= 0.3 is 5.97 Å². The average Bonchev–Trinajstić information content (AvgIpc) is 2.64. The minimum atomic E-state index is -1.04. The van der Waals surface area contributed by atoms with E-state index in [2.05, 4.69) is 0 Å². The topological polar surface area (TPSA) is 135 Å². The lowest BCUT2D eigenvalue weighted by molar-refractivity contribution is -0.142. The van der Waals surface area contributed by atoms with Crippen molar-refractivity contribution in [3.05, 3.63) is 58.7 Å². The first-order valence-electron chi connectivity index (χ1n) is 8.47. The second-order valence-electron chi connectivity index (χ2n) is 6.61. The Bertz CT molecular complexity index is 944. The molecule has 1 aliphatic carbocycles. The Morgan fingerprint density at radius 3 is 1.57 bits per heavy atom. The summed E-state index contributed by atoms with van der Waals surface area (Å²) >= 11 is 0. The van der Waals surface area contributed by atoms with Crippen LogP contribution in [-0.4, -0.2) is 37.3 Å². The Labute approximate surface area is 160 Å². The van der Waals surface area contributed by atoms with Gasteiger partial charge in [0.2, 0.25) is 0 Å². The van der Waals surface area contributed by atoms with Gasteiger partial charge in [0.25, 0.3) is 0 Å². The quantitative estimate of drug-likeness (QED) is 0.407. The van der Waals surface area contributed by atoms with Gasteiger partial charge in [0, 0.05) is 11.1 Å². The van der Waals surface area contributed by atoms with Crippen LogP contribution in [0.1, 0.15) is 24.0 Å². The molecule has 0 amide bonds. The maximum atomic E-state index is 12.9. The standard InChI is InChI=1S/C21H18O7/c22-16-3-1-11(7-18(16)24)5-13-9-15(21(27)28)10-14(20(13)26)6-12-2-4-17(23)19(25)8-12/h1-8,15,22-25H,9-10H2,(H,27,28)/b13-5+,14-6+. The summed E-state index contributed by atoms with van der Waals surface area (Å²) in [6.07, 6.45) is 3.04. The van der Waals surface area contributed by atoms with Crippen LogP contribution in [-0.2, 0) is 9.59 Å². The van der Waals surface area contributed by atoms with E-state index in [1.165, 1.54) is 48.6 Å². The van der Waals surface area contributed by atoms with Gasteiger partial charge in [-0.1, -0.05) is 12.1 Å². The Kier molecular flexibility index (Phi) is 5.08. The van der Waals surface area contributed by atoms with Crippen molar-refractivity contribution in [2.45, 2.75) is 12.8 Å². The molecule has 0 spiro atoms. The van der Waals surface area contributed by atoms with Gasteiger partial charge < -0.3 is 25.5 Å². The van der Waals surface area contributed by atoms with Crippen LogP contribution in [0.2, 0.25) is 0 Å². The van der Waals surface area contributed by atoms with Crippen molar-refractivity contribution in [1.29, 1.82) is 0 Å². The first-order valence-corrected chi connectivity index (χ1v) is 8.47. The smallest absolute Gasteiger partial charge is 0.307 e. The van der Waals surface area contributed by atoms with E-state index in [-0.39, 0.29) is 52.8 Å². The summed E-state index contributed by atoms with van der Waals surface area (Å²) in [7, 11) is 0. The Hall–Kier alpha value is -3.74. The number of carboxylic acids is 1. The predicted octanol–water partition coefficient (Wildman–Crippen LogP) is 3.04. The molecule has 0 atom stereocenters. The second-order valence-corrected chi connectivity index (χ2v) is 6.61. The highest BCUT2D eigenvalue weighted by Crippen LogP contribution is 2.35. The summed E-state index contributed by atoms with van der Waals surface area (Å²) in [4.78, 5) is 24.4. The summed E-state index contributed by atoms with van der Waals surface area (Å²) in [5.74, 6) is -3.46. The van der Waals surface area contributed by atoms with Gasteiger partial charge in [0.15, 0.2) is 28.8 Å². The van der Waals surface area contributed by atoms with Crippen molar-refractivity contribution in [3.8, 4) is 23.0 Å². The van der Waals surface area contributed by atoms with Gasteiger partial charge in [0.05, 0.1) is 5.92 Å². The number of ketones is 1. The molecule has 2 aromatic carbocycles. The number of phenolic OH excluding ortho intramolecular Hbond substituents is 4. The molecule has 144 valence electrons. The molecule has 5 N–H and O–H groups in total. The molecule has 1 aliphatic rings. The van der Waals surface area contributed by atoms with Crippen LogP contribution in [0, 0.1) is 5.92 Å². The molecule has 2 aromatic rings. The van der Waals surface area contributed by atoms with Crippen LogP contribution in [0.5, 0.6) is 23.0 Å². The number of allylic oxidation sites excluding steroid dienone is 2. The van der Waals surface area contributed by atoms with Crippen molar-refractivity contribution in [2.75, 3.05) is 0 Å². The first kappa shape index (κ1) is 19.0. The van der Waals surface area contributed by atoms with Gasteiger partial charge in [-0.15, -0.1) is 0 Å². The highest BCUT2D eigenvalue weighted by Gasteiger charge is 2.32. The summed E-state index contributed by atoms with van der Waals surface area (Å²) in [5, 5.41) is 47.5. The lowest BCUT2D eigenvalue weighted by atomic mass is 9.80. The number of benzene rings is 2. The molecule has 1 fully saturated rings. The molecule has 0 bridgehead atoms. The third kappa shape index (κ3) is 3.98. The van der Waals surface area contributed by atoms with Crippen LogP contribution in [0.25, 0.3) is 12.2 Å². The molecule has 28 heavy (non-hydrogen) atoms. The predicted molar refractivity (Wildman–Crippen MR) is 101 cm³/mol. The van der Waals surface area contributed by atoms with Gasteiger partial charge in [-0.3, -0.25) is 9.59 Å². The summed E-state index contributed by atoms with van der Waals surface area (Å²) < 4.78 is 0. The zero-order chi connectivity index (χ0) is 20.4. The second kappa shape index (κ2) is 7.48. The monoisotopic (exact) mass is 382 g/mol. The highest BCUT2D eigenvalue weighted by molar-refractivity contribution is 6.14. The van der Waals surface area contributed by atoms with E-state index in [1.807, 2.05) is 0 Å². The largest absolute Gasteiger partial charge is 0.504 e. The zero-order valence-corrected chi connectivity index (χ0v) is 14.7. The van der Waals surface area contributed by atoms with Crippen LogP contribution < -0.4 is 0 Å². The normalized spacial score (nSPS) is 19.9. The molecule has 0 unspecified atom stereocenters. The van der Waals surface area contributed by atoms with E-state index in [4.69, 9.17) is 0 Å².